The van der Waals surface area contributed by atoms with Crippen LogP contribution in [-0.4, -0.2) is 20.3 Å². The molecule has 0 saturated carbocycles. The summed E-state index contributed by atoms with van der Waals surface area (Å²) in [5.74, 6) is 0.428. The van der Waals surface area contributed by atoms with E-state index in [4.69, 9.17) is 11.6 Å². The van der Waals surface area contributed by atoms with Crippen LogP contribution in [0.2, 0.25) is 0 Å². The molecular weight excluding hydrogens is 282 g/mol. The number of halogens is 1. The normalized spacial score (nSPS) is 13.7. The quantitative estimate of drug-likeness (QED) is 0.786. The van der Waals surface area contributed by atoms with Crippen LogP contribution < -0.4 is 4.72 Å². The molecule has 0 aliphatic rings. The van der Waals surface area contributed by atoms with Crippen molar-refractivity contribution in [3.8, 4) is 0 Å². The molecule has 1 atom stereocenters. The third kappa shape index (κ3) is 4.79. The Hall–Kier alpha value is -0.580. The van der Waals surface area contributed by atoms with Crippen molar-refractivity contribution in [1.82, 2.24) is 4.72 Å². The van der Waals surface area contributed by atoms with Crippen LogP contribution >= 0.6 is 11.6 Å². The molecule has 19 heavy (non-hydrogen) atoms. The molecular formula is C14H22ClNO2S. The van der Waals surface area contributed by atoms with E-state index in [1.807, 2.05) is 26.0 Å². The van der Waals surface area contributed by atoms with E-state index in [9.17, 15) is 8.42 Å². The van der Waals surface area contributed by atoms with Gasteiger partial charge in [-0.2, -0.15) is 0 Å². The van der Waals surface area contributed by atoms with Gasteiger partial charge in [0, 0.05) is 11.9 Å². The maximum Gasteiger partial charge on any atom is 0.240 e. The van der Waals surface area contributed by atoms with Crippen LogP contribution in [0.25, 0.3) is 0 Å². The Kier molecular flexibility index (Phi) is 6.30. The van der Waals surface area contributed by atoms with Gasteiger partial charge >= 0.3 is 0 Å². The average molecular weight is 304 g/mol. The molecule has 0 aliphatic heterocycles. The number of aryl methyl sites for hydroxylation is 1. The molecule has 0 spiro atoms. The minimum Gasteiger partial charge on any atom is -0.207 e. The lowest BCUT2D eigenvalue weighted by Crippen LogP contribution is -2.39. The Morgan fingerprint density at radius 2 is 1.79 bits per heavy atom. The van der Waals surface area contributed by atoms with Gasteiger partial charge in [0.25, 0.3) is 0 Å². The van der Waals surface area contributed by atoms with Gasteiger partial charge in [-0.3, -0.25) is 0 Å². The van der Waals surface area contributed by atoms with Crippen LogP contribution in [0, 0.1) is 5.92 Å². The van der Waals surface area contributed by atoms with Crippen LogP contribution in [0.4, 0.5) is 0 Å². The van der Waals surface area contributed by atoms with Crippen molar-refractivity contribution >= 4 is 21.6 Å². The van der Waals surface area contributed by atoms with Crippen molar-refractivity contribution in [2.24, 2.45) is 5.92 Å². The smallest absolute Gasteiger partial charge is 0.207 e. The van der Waals surface area contributed by atoms with Gasteiger partial charge in [0.15, 0.2) is 0 Å². The molecule has 0 saturated heterocycles. The Labute approximate surface area is 121 Å². The van der Waals surface area contributed by atoms with E-state index in [2.05, 4.69) is 11.6 Å². The molecule has 1 unspecified atom stereocenters. The summed E-state index contributed by atoms with van der Waals surface area (Å²) in [5, 5.41) is 0. The maximum absolute atomic E-state index is 12.2. The van der Waals surface area contributed by atoms with E-state index < -0.39 is 10.0 Å². The summed E-state index contributed by atoms with van der Waals surface area (Å²) in [7, 11) is -3.48. The second kappa shape index (κ2) is 7.27. The van der Waals surface area contributed by atoms with Crippen molar-refractivity contribution in [1.29, 1.82) is 0 Å². The minimum absolute atomic E-state index is 0.159. The summed E-state index contributed by atoms with van der Waals surface area (Å²) >= 11 is 5.80. The van der Waals surface area contributed by atoms with Crippen molar-refractivity contribution in [3.63, 3.8) is 0 Å². The highest BCUT2D eigenvalue weighted by Gasteiger charge is 2.21. The molecule has 0 fully saturated rings. The Morgan fingerprint density at radius 3 is 2.21 bits per heavy atom. The van der Waals surface area contributed by atoms with E-state index in [-0.39, 0.29) is 17.8 Å². The summed E-state index contributed by atoms with van der Waals surface area (Å²) in [6, 6.07) is 6.78. The highest BCUT2D eigenvalue weighted by Crippen LogP contribution is 2.14. The third-order valence-corrected chi connectivity index (χ3v) is 4.89. The first-order chi connectivity index (χ1) is 8.90. The topological polar surface area (TPSA) is 46.2 Å². The number of hydrogen-bond acceptors (Lipinski definition) is 2. The summed E-state index contributed by atoms with van der Waals surface area (Å²) < 4.78 is 27.1. The molecule has 0 amide bonds. The number of rotatable bonds is 7. The second-order valence-corrected chi connectivity index (χ2v) is 7.04. The molecule has 0 radical (unpaired) electrons. The van der Waals surface area contributed by atoms with Crippen LogP contribution in [0.1, 0.15) is 32.8 Å². The predicted molar refractivity (Wildman–Crippen MR) is 80.1 cm³/mol. The van der Waals surface area contributed by atoms with E-state index in [0.29, 0.717) is 4.90 Å². The number of benzene rings is 1. The van der Waals surface area contributed by atoms with Crippen LogP contribution in [-0.2, 0) is 16.4 Å². The van der Waals surface area contributed by atoms with Gasteiger partial charge in [-0.1, -0.05) is 39.3 Å². The Bertz CT molecular complexity index is 483. The zero-order valence-corrected chi connectivity index (χ0v) is 13.3. The summed E-state index contributed by atoms with van der Waals surface area (Å²) in [4.78, 5) is 0.295. The highest BCUT2D eigenvalue weighted by molar-refractivity contribution is 7.89. The molecule has 3 nitrogen and oxygen atoms in total. The number of nitrogens with one attached hydrogen (secondary N) is 1. The third-order valence-electron chi connectivity index (χ3n) is 3.05. The number of sulfonamides is 1. The molecule has 1 N–H and O–H groups in total. The molecule has 0 aliphatic carbocycles. The monoisotopic (exact) mass is 303 g/mol. The van der Waals surface area contributed by atoms with E-state index in [0.717, 1.165) is 18.4 Å². The van der Waals surface area contributed by atoms with Crippen molar-refractivity contribution < 1.29 is 8.42 Å². The number of hydrogen-bond donors (Lipinski definition) is 1. The lowest BCUT2D eigenvalue weighted by molar-refractivity contribution is 0.480. The molecule has 0 heterocycles. The Balaban J connectivity index is 2.87. The summed E-state index contributed by atoms with van der Waals surface area (Å²) in [6.07, 6.45) is 2.01. The van der Waals surface area contributed by atoms with Crippen LogP contribution in [0.15, 0.2) is 29.2 Å². The van der Waals surface area contributed by atoms with Gasteiger partial charge in [-0.15, -0.1) is 11.6 Å². The fraction of sp³-hybridized carbons (Fsp3) is 0.571. The summed E-state index contributed by atoms with van der Waals surface area (Å²) in [6.45, 7) is 5.99. The fourth-order valence-corrected chi connectivity index (χ4v) is 3.65. The SMILES string of the molecule is CCCc1ccc(S(=O)(=O)NC(CCl)C(C)C)cc1. The van der Waals surface area contributed by atoms with Gasteiger partial charge in [0.05, 0.1) is 4.90 Å². The van der Waals surface area contributed by atoms with Crippen molar-refractivity contribution in [2.75, 3.05) is 5.88 Å². The zero-order valence-electron chi connectivity index (χ0n) is 11.7. The molecule has 1 rings (SSSR count). The predicted octanol–water partition coefficient (Wildman–Crippen LogP) is 3.18. The average Bonchev–Trinajstić information content (AvgIpc) is 2.37. The number of alkyl halides is 1. The first-order valence-electron chi connectivity index (χ1n) is 6.58. The summed E-state index contributed by atoms with van der Waals surface area (Å²) in [5.41, 5.74) is 1.15. The standard InChI is InChI=1S/C14H22ClNO2S/c1-4-5-12-6-8-13(9-7-12)19(17,18)16-14(10-15)11(2)3/h6-9,11,14,16H,4-5,10H2,1-3H3. The lowest BCUT2D eigenvalue weighted by atomic mass is 10.1. The molecule has 5 heteroatoms. The molecule has 0 aromatic heterocycles. The van der Waals surface area contributed by atoms with E-state index in [1.165, 1.54) is 0 Å². The first kappa shape index (κ1) is 16.5. The van der Waals surface area contributed by atoms with E-state index in [1.54, 1.807) is 12.1 Å². The molecule has 0 bridgehead atoms. The van der Waals surface area contributed by atoms with Gasteiger partial charge in [0.1, 0.15) is 0 Å². The zero-order chi connectivity index (χ0) is 14.5. The molecule has 1 aromatic rings. The molecule has 1 aromatic carbocycles. The second-order valence-electron chi connectivity index (χ2n) is 5.02. The maximum atomic E-state index is 12.2. The minimum atomic E-state index is -3.48. The lowest BCUT2D eigenvalue weighted by Gasteiger charge is -2.19. The van der Waals surface area contributed by atoms with Crippen LogP contribution in [0.5, 0.6) is 0 Å². The van der Waals surface area contributed by atoms with Crippen molar-refractivity contribution in [3.05, 3.63) is 29.8 Å². The largest absolute Gasteiger partial charge is 0.240 e. The van der Waals surface area contributed by atoms with Gasteiger partial charge in [-0.25, -0.2) is 13.1 Å². The van der Waals surface area contributed by atoms with Gasteiger partial charge < -0.3 is 0 Å². The van der Waals surface area contributed by atoms with Crippen LogP contribution in [0.3, 0.4) is 0 Å². The first-order valence-corrected chi connectivity index (χ1v) is 8.59. The Morgan fingerprint density at radius 1 is 1.21 bits per heavy atom. The highest BCUT2D eigenvalue weighted by atomic mass is 35.5. The van der Waals surface area contributed by atoms with Gasteiger partial charge in [0.2, 0.25) is 10.0 Å². The van der Waals surface area contributed by atoms with E-state index >= 15 is 0 Å². The molecule has 108 valence electrons. The van der Waals surface area contributed by atoms with Crippen molar-refractivity contribution in [2.45, 2.75) is 44.6 Å². The fourth-order valence-electron chi connectivity index (χ4n) is 1.74. The van der Waals surface area contributed by atoms with Gasteiger partial charge in [-0.05, 0) is 30.0 Å².